The third-order valence-electron chi connectivity index (χ3n) is 4.17. The molecule has 0 aromatic heterocycles. The molecule has 1 aliphatic rings. The molecule has 0 saturated carbocycles. The first-order valence-electron chi connectivity index (χ1n) is 7.56. The highest BCUT2D eigenvalue weighted by molar-refractivity contribution is 5.38. The zero-order chi connectivity index (χ0) is 13.8. The molecule has 1 aliphatic heterocycles. The van der Waals surface area contributed by atoms with Crippen molar-refractivity contribution in [2.45, 2.75) is 59.1 Å². The van der Waals surface area contributed by atoms with Gasteiger partial charge in [0, 0.05) is 6.61 Å². The molecule has 1 fully saturated rings. The number of ether oxygens (including phenoxy) is 1. The van der Waals surface area contributed by atoms with Crippen LogP contribution in [0.1, 0.15) is 54.5 Å². The van der Waals surface area contributed by atoms with E-state index in [9.17, 15) is 0 Å². The van der Waals surface area contributed by atoms with Gasteiger partial charge < -0.3 is 10.1 Å². The van der Waals surface area contributed by atoms with E-state index in [2.05, 4.69) is 45.1 Å². The Balaban J connectivity index is 2.28. The van der Waals surface area contributed by atoms with E-state index in [4.69, 9.17) is 4.74 Å². The number of rotatable bonds is 5. The van der Waals surface area contributed by atoms with Crippen LogP contribution in [0.2, 0.25) is 0 Å². The molecule has 2 atom stereocenters. The summed E-state index contributed by atoms with van der Waals surface area (Å²) in [6.07, 6.45) is 3.87. The molecule has 1 N–H and O–H groups in total. The molecule has 1 aromatic carbocycles. The van der Waals surface area contributed by atoms with Gasteiger partial charge in [0.05, 0.1) is 12.1 Å². The van der Waals surface area contributed by atoms with Crippen LogP contribution in [0, 0.1) is 20.8 Å². The minimum atomic E-state index is 0.340. The zero-order valence-electron chi connectivity index (χ0n) is 12.8. The maximum Gasteiger partial charge on any atom is 0.0770 e. The molecular formula is C17H27NO. The van der Waals surface area contributed by atoms with Crippen molar-refractivity contribution in [2.24, 2.45) is 0 Å². The van der Waals surface area contributed by atoms with Crippen LogP contribution in [0.3, 0.4) is 0 Å². The van der Waals surface area contributed by atoms with Crippen molar-refractivity contribution in [2.75, 3.05) is 13.2 Å². The summed E-state index contributed by atoms with van der Waals surface area (Å²) >= 11 is 0. The van der Waals surface area contributed by atoms with Gasteiger partial charge in [-0.05, 0) is 68.8 Å². The van der Waals surface area contributed by atoms with Gasteiger partial charge in [-0.25, -0.2) is 0 Å². The zero-order valence-corrected chi connectivity index (χ0v) is 12.8. The third kappa shape index (κ3) is 3.37. The van der Waals surface area contributed by atoms with Gasteiger partial charge in [-0.1, -0.05) is 19.1 Å². The molecule has 2 heteroatoms. The second-order valence-corrected chi connectivity index (χ2v) is 5.78. The lowest BCUT2D eigenvalue weighted by Gasteiger charge is -2.27. The van der Waals surface area contributed by atoms with Gasteiger partial charge in [-0.3, -0.25) is 0 Å². The minimum absolute atomic E-state index is 0.340. The van der Waals surface area contributed by atoms with E-state index in [1.165, 1.54) is 35.1 Å². The van der Waals surface area contributed by atoms with Crippen LogP contribution in [0.15, 0.2) is 12.1 Å². The first kappa shape index (κ1) is 14.5. The summed E-state index contributed by atoms with van der Waals surface area (Å²) < 4.78 is 5.93. The van der Waals surface area contributed by atoms with E-state index >= 15 is 0 Å². The first-order chi connectivity index (χ1) is 9.13. The molecule has 0 bridgehead atoms. The molecule has 1 saturated heterocycles. The number of hydrogen-bond acceptors (Lipinski definition) is 2. The van der Waals surface area contributed by atoms with E-state index in [1.54, 1.807) is 0 Å². The van der Waals surface area contributed by atoms with E-state index in [1.807, 2.05) is 0 Å². The Labute approximate surface area is 117 Å². The van der Waals surface area contributed by atoms with E-state index in [0.29, 0.717) is 12.1 Å². The summed E-state index contributed by atoms with van der Waals surface area (Å²) in [7, 11) is 0. The molecule has 2 nitrogen and oxygen atoms in total. The average Bonchev–Trinajstić information content (AvgIpc) is 2.89. The summed E-state index contributed by atoms with van der Waals surface area (Å²) in [4.78, 5) is 0. The van der Waals surface area contributed by atoms with Crippen molar-refractivity contribution in [1.82, 2.24) is 5.32 Å². The molecule has 0 radical (unpaired) electrons. The van der Waals surface area contributed by atoms with Crippen LogP contribution in [0.25, 0.3) is 0 Å². The van der Waals surface area contributed by atoms with Crippen LogP contribution in [0.4, 0.5) is 0 Å². The lowest BCUT2D eigenvalue weighted by atomic mass is 9.92. The number of aryl methyl sites for hydroxylation is 3. The largest absolute Gasteiger partial charge is 0.376 e. The standard InChI is InChI=1S/C17H27NO/c1-5-8-18-17(16-7-6-9-19-16)15-11-13(3)12(2)10-14(15)4/h10-11,16-18H,5-9H2,1-4H3. The second-order valence-electron chi connectivity index (χ2n) is 5.78. The SMILES string of the molecule is CCCNC(c1cc(C)c(C)cc1C)C1CCCO1. The Morgan fingerprint density at radius 3 is 2.58 bits per heavy atom. The molecule has 1 heterocycles. The van der Waals surface area contributed by atoms with Gasteiger partial charge in [0.25, 0.3) is 0 Å². The summed E-state index contributed by atoms with van der Waals surface area (Å²) in [5.41, 5.74) is 5.56. The summed E-state index contributed by atoms with van der Waals surface area (Å²) in [6.45, 7) is 10.8. The maximum absolute atomic E-state index is 5.93. The Bertz CT molecular complexity index is 422. The van der Waals surface area contributed by atoms with Crippen LogP contribution in [-0.2, 0) is 4.74 Å². The van der Waals surface area contributed by atoms with E-state index in [-0.39, 0.29) is 0 Å². The summed E-state index contributed by atoms with van der Waals surface area (Å²) in [6, 6.07) is 5.00. The predicted octanol–water partition coefficient (Wildman–Crippen LogP) is 3.83. The highest BCUT2D eigenvalue weighted by atomic mass is 16.5. The van der Waals surface area contributed by atoms with Crippen molar-refractivity contribution in [1.29, 1.82) is 0 Å². The first-order valence-corrected chi connectivity index (χ1v) is 7.56. The normalized spacial score (nSPS) is 20.7. The minimum Gasteiger partial charge on any atom is -0.376 e. The molecule has 19 heavy (non-hydrogen) atoms. The Hall–Kier alpha value is -0.860. The van der Waals surface area contributed by atoms with Crippen molar-refractivity contribution >= 4 is 0 Å². The molecular weight excluding hydrogens is 234 g/mol. The van der Waals surface area contributed by atoms with Gasteiger partial charge in [-0.2, -0.15) is 0 Å². The topological polar surface area (TPSA) is 21.3 Å². The van der Waals surface area contributed by atoms with Gasteiger partial charge in [-0.15, -0.1) is 0 Å². The quantitative estimate of drug-likeness (QED) is 0.869. The molecule has 0 aliphatic carbocycles. The maximum atomic E-state index is 5.93. The Kier molecular flexibility index (Phi) is 5.00. The van der Waals surface area contributed by atoms with Gasteiger partial charge in [0.1, 0.15) is 0 Å². The monoisotopic (exact) mass is 261 g/mol. The van der Waals surface area contributed by atoms with Gasteiger partial charge in [0.15, 0.2) is 0 Å². The van der Waals surface area contributed by atoms with Crippen LogP contribution >= 0.6 is 0 Å². The van der Waals surface area contributed by atoms with Crippen LogP contribution in [-0.4, -0.2) is 19.3 Å². The Morgan fingerprint density at radius 2 is 1.95 bits per heavy atom. The smallest absolute Gasteiger partial charge is 0.0770 e. The number of nitrogens with one attached hydrogen (secondary N) is 1. The molecule has 2 unspecified atom stereocenters. The van der Waals surface area contributed by atoms with Gasteiger partial charge >= 0.3 is 0 Å². The average molecular weight is 261 g/mol. The molecule has 0 spiro atoms. The fourth-order valence-electron chi connectivity index (χ4n) is 2.92. The second kappa shape index (κ2) is 6.53. The highest BCUT2D eigenvalue weighted by Gasteiger charge is 2.28. The molecule has 1 aromatic rings. The van der Waals surface area contributed by atoms with Crippen LogP contribution in [0.5, 0.6) is 0 Å². The predicted molar refractivity (Wildman–Crippen MR) is 80.7 cm³/mol. The van der Waals surface area contributed by atoms with E-state index < -0.39 is 0 Å². The van der Waals surface area contributed by atoms with Gasteiger partial charge in [0.2, 0.25) is 0 Å². The lowest BCUT2D eigenvalue weighted by Crippen LogP contribution is -2.32. The molecule has 106 valence electrons. The Morgan fingerprint density at radius 1 is 1.21 bits per heavy atom. The van der Waals surface area contributed by atoms with Crippen LogP contribution < -0.4 is 5.32 Å². The fourth-order valence-corrected chi connectivity index (χ4v) is 2.92. The third-order valence-corrected chi connectivity index (χ3v) is 4.17. The number of benzene rings is 1. The van der Waals surface area contributed by atoms with Crippen molar-refractivity contribution in [3.8, 4) is 0 Å². The number of hydrogen-bond donors (Lipinski definition) is 1. The lowest BCUT2D eigenvalue weighted by molar-refractivity contribution is 0.0781. The molecule has 2 rings (SSSR count). The molecule has 0 amide bonds. The fraction of sp³-hybridized carbons (Fsp3) is 0.647. The summed E-state index contributed by atoms with van der Waals surface area (Å²) in [5.74, 6) is 0. The summed E-state index contributed by atoms with van der Waals surface area (Å²) in [5, 5.41) is 3.69. The van der Waals surface area contributed by atoms with Crippen molar-refractivity contribution < 1.29 is 4.74 Å². The van der Waals surface area contributed by atoms with E-state index in [0.717, 1.165) is 19.6 Å². The van der Waals surface area contributed by atoms with Crippen molar-refractivity contribution in [3.63, 3.8) is 0 Å². The van der Waals surface area contributed by atoms with Crippen molar-refractivity contribution in [3.05, 3.63) is 34.4 Å². The highest BCUT2D eigenvalue weighted by Crippen LogP contribution is 2.30.